The van der Waals surface area contributed by atoms with Gasteiger partial charge < -0.3 is 4.74 Å². The normalized spacial score (nSPS) is 10.7. The van der Waals surface area contributed by atoms with Crippen LogP contribution in [0.1, 0.15) is 5.56 Å². The summed E-state index contributed by atoms with van der Waals surface area (Å²) in [5.74, 6) is 1.30. The van der Waals surface area contributed by atoms with Gasteiger partial charge in [-0.3, -0.25) is 0 Å². The van der Waals surface area contributed by atoms with Gasteiger partial charge in [-0.2, -0.15) is 4.80 Å². The molecule has 0 atom stereocenters. The molecule has 0 aliphatic carbocycles. The molecule has 0 radical (unpaired) electrons. The van der Waals surface area contributed by atoms with E-state index in [1.165, 1.54) is 4.80 Å². The summed E-state index contributed by atoms with van der Waals surface area (Å²) < 4.78 is 6.10. The molecule has 7 heteroatoms. The highest BCUT2D eigenvalue weighted by Gasteiger charge is 2.10. The molecule has 112 valence electrons. The first-order valence-corrected chi connectivity index (χ1v) is 7.69. The van der Waals surface area contributed by atoms with Gasteiger partial charge >= 0.3 is 0 Å². The molecule has 5 nitrogen and oxygen atoms in total. The third-order valence-electron chi connectivity index (χ3n) is 3.11. The molecule has 1 aromatic heterocycles. The number of ether oxygens (including phenoxy) is 1. The maximum atomic E-state index is 6.15. The Kier molecular flexibility index (Phi) is 4.40. The number of aromatic nitrogens is 4. The molecular weight excluding hydrogens is 368 g/mol. The van der Waals surface area contributed by atoms with Crippen LogP contribution in [-0.2, 0) is 6.54 Å². The molecular formula is C15H12BrClN4O. The summed E-state index contributed by atoms with van der Waals surface area (Å²) in [6.45, 7) is 0.514. The lowest BCUT2D eigenvalue weighted by molar-refractivity contribution is 0.412. The van der Waals surface area contributed by atoms with Crippen LogP contribution < -0.4 is 4.74 Å². The SMILES string of the molecule is COc1ccc(Cn2nnc(-c3ccccc3Cl)n2)cc1Br. The zero-order valence-electron chi connectivity index (χ0n) is 11.7. The second kappa shape index (κ2) is 6.46. The van der Waals surface area contributed by atoms with Crippen molar-refractivity contribution in [1.29, 1.82) is 0 Å². The van der Waals surface area contributed by atoms with E-state index >= 15 is 0 Å². The van der Waals surface area contributed by atoms with Crippen molar-refractivity contribution in [3.05, 3.63) is 57.5 Å². The molecule has 22 heavy (non-hydrogen) atoms. The zero-order valence-corrected chi connectivity index (χ0v) is 14.0. The Morgan fingerprint density at radius 3 is 2.77 bits per heavy atom. The predicted octanol–water partition coefficient (Wildman–Crippen LogP) is 3.81. The molecule has 0 unspecified atom stereocenters. The maximum Gasteiger partial charge on any atom is 0.206 e. The van der Waals surface area contributed by atoms with Gasteiger partial charge in [-0.15, -0.1) is 10.2 Å². The van der Waals surface area contributed by atoms with Crippen LogP contribution in [0, 0.1) is 0 Å². The lowest BCUT2D eigenvalue weighted by atomic mass is 10.2. The van der Waals surface area contributed by atoms with Gasteiger partial charge in [-0.05, 0) is 51.0 Å². The first kappa shape index (κ1) is 15.0. The molecule has 3 aromatic rings. The van der Waals surface area contributed by atoms with Gasteiger partial charge in [0.1, 0.15) is 5.75 Å². The van der Waals surface area contributed by atoms with E-state index in [1.807, 2.05) is 36.4 Å². The minimum absolute atomic E-state index is 0.512. The Morgan fingerprint density at radius 1 is 1.23 bits per heavy atom. The van der Waals surface area contributed by atoms with Gasteiger partial charge in [0.05, 0.1) is 23.1 Å². The monoisotopic (exact) mass is 378 g/mol. The lowest BCUT2D eigenvalue weighted by Crippen LogP contribution is -2.04. The largest absolute Gasteiger partial charge is 0.496 e. The first-order chi connectivity index (χ1) is 10.7. The van der Waals surface area contributed by atoms with Crippen LogP contribution in [0.15, 0.2) is 46.9 Å². The predicted molar refractivity (Wildman–Crippen MR) is 88.1 cm³/mol. The maximum absolute atomic E-state index is 6.15. The van der Waals surface area contributed by atoms with E-state index in [2.05, 4.69) is 31.3 Å². The van der Waals surface area contributed by atoms with Crippen LogP contribution in [0.4, 0.5) is 0 Å². The Bertz CT molecular complexity index is 806. The van der Waals surface area contributed by atoms with E-state index in [0.29, 0.717) is 17.4 Å². The fourth-order valence-corrected chi connectivity index (χ4v) is 2.84. The zero-order chi connectivity index (χ0) is 15.5. The number of rotatable bonds is 4. The Morgan fingerprint density at radius 2 is 2.05 bits per heavy atom. The highest BCUT2D eigenvalue weighted by atomic mass is 79.9. The number of halogens is 2. The van der Waals surface area contributed by atoms with Crippen molar-refractivity contribution in [2.45, 2.75) is 6.54 Å². The van der Waals surface area contributed by atoms with Gasteiger partial charge in [-0.25, -0.2) is 0 Å². The highest BCUT2D eigenvalue weighted by molar-refractivity contribution is 9.10. The Balaban J connectivity index is 1.83. The summed E-state index contributed by atoms with van der Waals surface area (Å²) in [4.78, 5) is 1.53. The molecule has 0 N–H and O–H groups in total. The van der Waals surface area contributed by atoms with Crippen LogP contribution in [0.2, 0.25) is 5.02 Å². The summed E-state index contributed by atoms with van der Waals surface area (Å²) in [5, 5.41) is 13.1. The van der Waals surface area contributed by atoms with E-state index in [9.17, 15) is 0 Å². The molecule has 1 heterocycles. The number of methoxy groups -OCH3 is 1. The van der Waals surface area contributed by atoms with Crippen molar-refractivity contribution < 1.29 is 4.74 Å². The molecule has 0 amide bonds. The quantitative estimate of drug-likeness (QED) is 0.691. The van der Waals surface area contributed by atoms with Gasteiger partial charge in [0, 0.05) is 5.56 Å². The van der Waals surface area contributed by atoms with E-state index in [1.54, 1.807) is 13.2 Å². The summed E-state index contributed by atoms with van der Waals surface area (Å²) in [6.07, 6.45) is 0. The number of nitrogens with zero attached hydrogens (tertiary/aromatic N) is 4. The number of hydrogen-bond acceptors (Lipinski definition) is 4. The molecule has 0 fully saturated rings. The lowest BCUT2D eigenvalue weighted by Gasteiger charge is -2.05. The van der Waals surface area contributed by atoms with Crippen LogP contribution in [0.25, 0.3) is 11.4 Å². The van der Waals surface area contributed by atoms with E-state index in [4.69, 9.17) is 16.3 Å². The van der Waals surface area contributed by atoms with Gasteiger partial charge in [-0.1, -0.05) is 29.8 Å². The molecule has 0 spiro atoms. The van der Waals surface area contributed by atoms with E-state index in [-0.39, 0.29) is 0 Å². The Hall–Kier alpha value is -1.92. The molecule has 2 aromatic carbocycles. The topological polar surface area (TPSA) is 52.8 Å². The van der Waals surface area contributed by atoms with Crippen LogP contribution in [-0.4, -0.2) is 27.3 Å². The van der Waals surface area contributed by atoms with E-state index < -0.39 is 0 Å². The second-order valence-electron chi connectivity index (χ2n) is 4.59. The van der Waals surface area contributed by atoms with Gasteiger partial charge in [0.25, 0.3) is 0 Å². The van der Waals surface area contributed by atoms with Crippen LogP contribution in [0.3, 0.4) is 0 Å². The van der Waals surface area contributed by atoms with Crippen molar-refractivity contribution in [3.8, 4) is 17.1 Å². The third kappa shape index (κ3) is 3.13. The third-order valence-corrected chi connectivity index (χ3v) is 4.06. The summed E-state index contributed by atoms with van der Waals surface area (Å²) in [5.41, 5.74) is 1.81. The van der Waals surface area contributed by atoms with Crippen molar-refractivity contribution in [2.75, 3.05) is 7.11 Å². The van der Waals surface area contributed by atoms with Gasteiger partial charge in [0.2, 0.25) is 5.82 Å². The number of hydrogen-bond donors (Lipinski definition) is 0. The van der Waals surface area contributed by atoms with E-state index in [0.717, 1.165) is 21.3 Å². The minimum atomic E-state index is 0.512. The standard InChI is InChI=1S/C15H12BrClN4O/c1-22-14-7-6-10(8-12(14)16)9-21-19-15(18-20-21)11-4-2-3-5-13(11)17/h2-8H,9H2,1H3. The smallest absolute Gasteiger partial charge is 0.206 e. The minimum Gasteiger partial charge on any atom is -0.496 e. The summed E-state index contributed by atoms with van der Waals surface area (Å²) >= 11 is 9.61. The summed E-state index contributed by atoms with van der Waals surface area (Å²) in [7, 11) is 1.63. The molecule has 0 saturated heterocycles. The van der Waals surface area contributed by atoms with Crippen molar-refractivity contribution in [2.24, 2.45) is 0 Å². The average molecular weight is 380 g/mol. The van der Waals surface area contributed by atoms with Crippen molar-refractivity contribution in [3.63, 3.8) is 0 Å². The molecule has 3 rings (SSSR count). The van der Waals surface area contributed by atoms with Crippen molar-refractivity contribution >= 4 is 27.5 Å². The number of benzene rings is 2. The fourth-order valence-electron chi connectivity index (χ4n) is 2.03. The van der Waals surface area contributed by atoms with Crippen molar-refractivity contribution in [1.82, 2.24) is 20.2 Å². The summed E-state index contributed by atoms with van der Waals surface area (Å²) in [6, 6.07) is 13.3. The molecule has 0 aliphatic rings. The molecule has 0 saturated carbocycles. The molecule has 0 bridgehead atoms. The second-order valence-corrected chi connectivity index (χ2v) is 5.85. The fraction of sp³-hybridized carbons (Fsp3) is 0.133. The van der Waals surface area contributed by atoms with Crippen LogP contribution in [0.5, 0.6) is 5.75 Å². The van der Waals surface area contributed by atoms with Crippen LogP contribution >= 0.6 is 27.5 Å². The Labute approximate surface area is 141 Å². The first-order valence-electron chi connectivity index (χ1n) is 6.52. The molecule has 0 aliphatic heterocycles. The number of tetrazole rings is 1. The van der Waals surface area contributed by atoms with Gasteiger partial charge in [0.15, 0.2) is 0 Å². The highest BCUT2D eigenvalue weighted by Crippen LogP contribution is 2.26. The average Bonchev–Trinajstić information content (AvgIpc) is 2.96.